The Balaban J connectivity index is 2.05. The molecule has 3 rings (SSSR count). The zero-order valence-corrected chi connectivity index (χ0v) is 14.0. The van der Waals surface area contributed by atoms with Crippen molar-refractivity contribution < 1.29 is 0 Å². The van der Waals surface area contributed by atoms with E-state index in [-0.39, 0.29) is 0 Å². The summed E-state index contributed by atoms with van der Waals surface area (Å²) < 4.78 is 0. The molecule has 0 saturated heterocycles. The van der Waals surface area contributed by atoms with Crippen LogP contribution in [0.25, 0.3) is 0 Å². The summed E-state index contributed by atoms with van der Waals surface area (Å²) in [5, 5.41) is 1.28. The van der Waals surface area contributed by atoms with E-state index in [0.717, 1.165) is 5.92 Å². The lowest BCUT2D eigenvalue weighted by atomic mass is 9.71. The second kappa shape index (κ2) is 6.02. The van der Waals surface area contributed by atoms with Crippen molar-refractivity contribution in [1.82, 2.24) is 0 Å². The average Bonchev–Trinajstić information content (AvgIpc) is 2.49. The first-order valence-corrected chi connectivity index (χ1v) is 8.34. The monoisotopic (exact) mass is 318 g/mol. The Morgan fingerprint density at radius 1 is 1.00 bits per heavy atom. The molecule has 0 bridgehead atoms. The first-order chi connectivity index (χ1) is 10.1. The third kappa shape index (κ3) is 2.98. The maximum absolute atomic E-state index is 6.23. The predicted molar refractivity (Wildman–Crippen MR) is 91.4 cm³/mol. The van der Waals surface area contributed by atoms with Crippen LogP contribution in [0.5, 0.6) is 0 Å². The molecule has 21 heavy (non-hydrogen) atoms. The minimum Gasteiger partial charge on any atom is -0.0827 e. The number of halogens is 2. The molecule has 0 nitrogen and oxygen atoms in total. The Bertz CT molecular complexity index is 646. The van der Waals surface area contributed by atoms with E-state index in [4.69, 9.17) is 23.2 Å². The Kier molecular flexibility index (Phi) is 4.28. The molecule has 0 saturated carbocycles. The minimum atomic E-state index is 0.428. The molecule has 0 amide bonds. The lowest BCUT2D eigenvalue weighted by Gasteiger charge is -2.34. The van der Waals surface area contributed by atoms with Crippen LogP contribution >= 0.6 is 23.2 Å². The van der Waals surface area contributed by atoms with Crippen LogP contribution in [0, 0.1) is 11.8 Å². The molecule has 2 aromatic carbocycles. The highest BCUT2D eigenvalue weighted by Gasteiger charge is 2.29. The van der Waals surface area contributed by atoms with E-state index in [0.29, 0.717) is 21.9 Å². The smallest absolute Gasteiger partial charge is 0.0595 e. The summed E-state index contributed by atoms with van der Waals surface area (Å²) in [6, 6.07) is 14.9. The molecule has 0 N–H and O–H groups in total. The van der Waals surface area contributed by atoms with Gasteiger partial charge in [-0.1, -0.05) is 67.4 Å². The van der Waals surface area contributed by atoms with E-state index in [1.54, 1.807) is 0 Å². The maximum atomic E-state index is 6.23. The van der Waals surface area contributed by atoms with Crippen LogP contribution in [0.15, 0.2) is 42.5 Å². The summed E-state index contributed by atoms with van der Waals surface area (Å²) in [5.41, 5.74) is 4.22. The van der Waals surface area contributed by atoms with Crippen LogP contribution < -0.4 is 0 Å². The minimum absolute atomic E-state index is 0.428. The van der Waals surface area contributed by atoms with Crippen molar-refractivity contribution in [3.8, 4) is 0 Å². The topological polar surface area (TPSA) is 0 Å². The van der Waals surface area contributed by atoms with Crippen LogP contribution in [-0.4, -0.2) is 0 Å². The fourth-order valence-corrected chi connectivity index (χ4v) is 3.71. The van der Waals surface area contributed by atoms with Gasteiger partial charge in [-0.3, -0.25) is 0 Å². The maximum Gasteiger partial charge on any atom is 0.0595 e. The van der Waals surface area contributed by atoms with Gasteiger partial charge >= 0.3 is 0 Å². The van der Waals surface area contributed by atoms with Gasteiger partial charge in [0.05, 0.1) is 10.0 Å². The Morgan fingerprint density at radius 2 is 1.76 bits per heavy atom. The molecule has 0 radical (unpaired) electrons. The predicted octanol–water partition coefficient (Wildman–Crippen LogP) is 6.34. The molecule has 0 aliphatic heterocycles. The van der Waals surface area contributed by atoms with E-state index in [1.165, 1.54) is 29.5 Å². The summed E-state index contributed by atoms with van der Waals surface area (Å²) >= 11 is 12.3. The summed E-state index contributed by atoms with van der Waals surface area (Å²) in [6.07, 6.45) is 2.37. The van der Waals surface area contributed by atoms with Gasteiger partial charge in [-0.25, -0.2) is 0 Å². The Labute approximate surface area is 137 Å². The highest BCUT2D eigenvalue weighted by molar-refractivity contribution is 6.42. The lowest BCUT2D eigenvalue weighted by Crippen LogP contribution is -2.23. The first kappa shape index (κ1) is 14.9. The van der Waals surface area contributed by atoms with Crippen molar-refractivity contribution in [3.05, 3.63) is 69.2 Å². The van der Waals surface area contributed by atoms with Crippen LogP contribution in [0.1, 0.15) is 42.9 Å². The zero-order chi connectivity index (χ0) is 15.0. The molecule has 2 atom stereocenters. The molecule has 0 aromatic heterocycles. The number of fused-ring (bicyclic) bond motifs is 1. The number of hydrogen-bond acceptors (Lipinski definition) is 0. The van der Waals surface area contributed by atoms with Gasteiger partial charge in [0.1, 0.15) is 0 Å². The zero-order valence-electron chi connectivity index (χ0n) is 12.4. The second-order valence-corrected chi connectivity index (χ2v) is 7.18. The van der Waals surface area contributed by atoms with Crippen molar-refractivity contribution in [3.63, 3.8) is 0 Å². The third-order valence-electron chi connectivity index (χ3n) is 4.74. The highest BCUT2D eigenvalue weighted by Crippen LogP contribution is 2.42. The summed E-state index contributed by atoms with van der Waals surface area (Å²) in [7, 11) is 0. The first-order valence-electron chi connectivity index (χ1n) is 7.59. The third-order valence-corrected chi connectivity index (χ3v) is 5.48. The fraction of sp³-hybridized carbons (Fsp3) is 0.368. The largest absolute Gasteiger partial charge is 0.0827 e. The summed E-state index contributed by atoms with van der Waals surface area (Å²) in [4.78, 5) is 0. The van der Waals surface area contributed by atoms with Crippen LogP contribution in [0.2, 0.25) is 10.0 Å². The molecule has 0 fully saturated rings. The van der Waals surface area contributed by atoms with Gasteiger partial charge in [0, 0.05) is 5.92 Å². The second-order valence-electron chi connectivity index (χ2n) is 6.37. The van der Waals surface area contributed by atoms with E-state index in [2.05, 4.69) is 44.2 Å². The Morgan fingerprint density at radius 3 is 2.48 bits per heavy atom. The molecule has 1 aliphatic rings. The van der Waals surface area contributed by atoms with E-state index in [1.807, 2.05) is 12.1 Å². The molecule has 2 heteroatoms. The van der Waals surface area contributed by atoms with Crippen molar-refractivity contribution in [2.24, 2.45) is 11.8 Å². The van der Waals surface area contributed by atoms with Gasteiger partial charge in [-0.2, -0.15) is 0 Å². The van der Waals surface area contributed by atoms with E-state index < -0.39 is 0 Å². The van der Waals surface area contributed by atoms with Crippen molar-refractivity contribution in [2.75, 3.05) is 0 Å². The van der Waals surface area contributed by atoms with Crippen LogP contribution in [0.4, 0.5) is 0 Å². The standard InChI is InChI=1S/C19H20Cl2/c1-12(2)15-9-13-5-3-4-6-16(13)17(10-15)14-7-8-18(20)19(21)11-14/h3-8,11-12,15,17H,9-10H2,1-2H3/t15-,17+/m1/s1. The molecule has 0 heterocycles. The molecule has 1 aliphatic carbocycles. The van der Waals surface area contributed by atoms with E-state index >= 15 is 0 Å². The highest BCUT2D eigenvalue weighted by atomic mass is 35.5. The molecule has 0 unspecified atom stereocenters. The number of benzene rings is 2. The van der Waals surface area contributed by atoms with E-state index in [9.17, 15) is 0 Å². The quantitative estimate of drug-likeness (QED) is 0.605. The number of rotatable bonds is 2. The van der Waals surface area contributed by atoms with Crippen molar-refractivity contribution in [1.29, 1.82) is 0 Å². The number of hydrogen-bond donors (Lipinski definition) is 0. The van der Waals surface area contributed by atoms with Crippen molar-refractivity contribution in [2.45, 2.75) is 32.6 Å². The molecular weight excluding hydrogens is 299 g/mol. The molecular formula is C19H20Cl2. The Hall–Kier alpha value is -0.980. The van der Waals surface area contributed by atoms with Crippen molar-refractivity contribution >= 4 is 23.2 Å². The molecule has 2 aromatic rings. The summed E-state index contributed by atoms with van der Waals surface area (Å²) in [5.74, 6) is 1.85. The normalized spacial score (nSPS) is 21.4. The molecule has 0 spiro atoms. The molecule has 110 valence electrons. The lowest BCUT2D eigenvalue weighted by molar-refractivity contribution is 0.326. The average molecular weight is 319 g/mol. The van der Waals surface area contributed by atoms with Crippen LogP contribution in [0.3, 0.4) is 0 Å². The van der Waals surface area contributed by atoms with Gasteiger partial charge in [0.15, 0.2) is 0 Å². The van der Waals surface area contributed by atoms with Gasteiger partial charge in [0.2, 0.25) is 0 Å². The van der Waals surface area contributed by atoms with Gasteiger partial charge in [0.25, 0.3) is 0 Å². The van der Waals surface area contributed by atoms with Gasteiger partial charge in [-0.15, -0.1) is 0 Å². The van der Waals surface area contributed by atoms with Crippen LogP contribution in [-0.2, 0) is 6.42 Å². The SMILES string of the molecule is CC(C)[C@@H]1Cc2ccccc2[C@H](c2ccc(Cl)c(Cl)c2)C1. The van der Waals surface area contributed by atoms with Gasteiger partial charge < -0.3 is 0 Å². The van der Waals surface area contributed by atoms with Gasteiger partial charge in [-0.05, 0) is 53.5 Å². The fourth-order valence-electron chi connectivity index (χ4n) is 3.41. The summed E-state index contributed by atoms with van der Waals surface area (Å²) in [6.45, 7) is 4.65.